The number of hydrogen-bond acceptors (Lipinski definition) is 2. The Labute approximate surface area is 91.7 Å². The van der Waals surface area contributed by atoms with Gasteiger partial charge < -0.3 is 5.32 Å². The van der Waals surface area contributed by atoms with Crippen LogP contribution in [0, 0.1) is 5.41 Å². The number of halogens is 1. The third-order valence-electron chi connectivity index (χ3n) is 2.98. The minimum absolute atomic E-state index is 0.549. The third kappa shape index (κ3) is 1.83. The monoisotopic (exact) mass is 259 g/mol. The van der Waals surface area contributed by atoms with E-state index >= 15 is 0 Å². The van der Waals surface area contributed by atoms with Crippen LogP contribution in [0.25, 0.3) is 0 Å². The Balaban J connectivity index is 2.08. The van der Waals surface area contributed by atoms with E-state index < -0.39 is 0 Å². The van der Waals surface area contributed by atoms with E-state index in [1.165, 1.54) is 35.3 Å². The van der Waals surface area contributed by atoms with Crippen LogP contribution in [-0.2, 0) is 6.42 Å². The molecule has 0 amide bonds. The van der Waals surface area contributed by atoms with Gasteiger partial charge in [-0.3, -0.25) is 0 Å². The van der Waals surface area contributed by atoms with Gasteiger partial charge in [0.25, 0.3) is 0 Å². The summed E-state index contributed by atoms with van der Waals surface area (Å²) in [5.41, 5.74) is 0.549. The Morgan fingerprint density at radius 2 is 2.38 bits per heavy atom. The van der Waals surface area contributed by atoms with Crippen molar-refractivity contribution in [2.24, 2.45) is 5.41 Å². The van der Waals surface area contributed by atoms with Crippen LogP contribution in [0.2, 0.25) is 0 Å². The number of nitrogens with one attached hydrogen (secondary N) is 1. The summed E-state index contributed by atoms with van der Waals surface area (Å²) in [4.78, 5) is 1.50. The van der Waals surface area contributed by atoms with Gasteiger partial charge in [-0.25, -0.2) is 0 Å². The van der Waals surface area contributed by atoms with E-state index in [1.54, 1.807) is 0 Å². The third-order valence-corrected chi connectivity index (χ3v) is 4.90. The fraction of sp³-hybridized carbons (Fsp3) is 0.600. The van der Waals surface area contributed by atoms with Crippen molar-refractivity contribution in [2.75, 3.05) is 13.1 Å². The van der Waals surface area contributed by atoms with Crippen molar-refractivity contribution < 1.29 is 0 Å². The molecule has 0 unspecified atom stereocenters. The van der Waals surface area contributed by atoms with Crippen LogP contribution in [0.15, 0.2) is 15.9 Å². The second kappa shape index (κ2) is 3.71. The van der Waals surface area contributed by atoms with Gasteiger partial charge in [-0.1, -0.05) is 6.92 Å². The molecule has 1 saturated heterocycles. The first-order chi connectivity index (χ1) is 6.26. The van der Waals surface area contributed by atoms with E-state index in [0.717, 1.165) is 0 Å². The largest absolute Gasteiger partial charge is 0.316 e. The highest BCUT2D eigenvalue weighted by atomic mass is 79.9. The van der Waals surface area contributed by atoms with Gasteiger partial charge in [-0.2, -0.15) is 0 Å². The van der Waals surface area contributed by atoms with E-state index in [9.17, 15) is 0 Å². The molecule has 0 radical (unpaired) electrons. The van der Waals surface area contributed by atoms with Crippen LogP contribution in [0.1, 0.15) is 18.2 Å². The summed E-state index contributed by atoms with van der Waals surface area (Å²) in [6.07, 6.45) is 2.51. The number of thiophene rings is 1. The van der Waals surface area contributed by atoms with Crippen LogP contribution in [-0.4, -0.2) is 13.1 Å². The molecule has 1 fully saturated rings. The molecule has 72 valence electrons. The van der Waals surface area contributed by atoms with Gasteiger partial charge >= 0.3 is 0 Å². The summed E-state index contributed by atoms with van der Waals surface area (Å²) in [6, 6.07) is 2.15. The van der Waals surface area contributed by atoms with Crippen LogP contribution in [0.3, 0.4) is 0 Å². The molecule has 0 saturated carbocycles. The quantitative estimate of drug-likeness (QED) is 0.880. The summed E-state index contributed by atoms with van der Waals surface area (Å²) in [5.74, 6) is 0. The maximum Gasteiger partial charge on any atom is 0.0314 e. The van der Waals surface area contributed by atoms with Crippen molar-refractivity contribution in [3.05, 3.63) is 20.8 Å². The molecule has 1 aliphatic heterocycles. The smallest absolute Gasteiger partial charge is 0.0314 e. The van der Waals surface area contributed by atoms with E-state index in [4.69, 9.17) is 0 Å². The van der Waals surface area contributed by atoms with Gasteiger partial charge in [0, 0.05) is 22.4 Å². The Bertz CT molecular complexity index is 285. The maximum atomic E-state index is 3.59. The SMILES string of the molecule is CCC1(Cc2sccc2Br)CNC1. The highest BCUT2D eigenvalue weighted by Gasteiger charge is 2.35. The Hall–Kier alpha value is 0.140. The zero-order valence-corrected chi connectivity index (χ0v) is 10.2. The molecule has 1 aromatic heterocycles. The average molecular weight is 260 g/mol. The standard InChI is InChI=1S/C10H14BrNS/c1-2-10(6-12-7-10)5-9-8(11)3-4-13-9/h3-4,12H,2,5-7H2,1H3. The molecule has 0 spiro atoms. The molecule has 0 aliphatic carbocycles. The van der Waals surface area contributed by atoms with Crippen molar-refractivity contribution in [1.82, 2.24) is 5.32 Å². The summed E-state index contributed by atoms with van der Waals surface area (Å²) in [7, 11) is 0. The van der Waals surface area contributed by atoms with Crippen molar-refractivity contribution >= 4 is 27.3 Å². The second-order valence-electron chi connectivity index (χ2n) is 3.83. The highest BCUT2D eigenvalue weighted by molar-refractivity contribution is 9.10. The fourth-order valence-corrected chi connectivity index (χ4v) is 3.44. The summed E-state index contributed by atoms with van der Waals surface area (Å²) in [5, 5.41) is 5.54. The molecule has 1 nitrogen and oxygen atoms in total. The first kappa shape index (κ1) is 9.69. The lowest BCUT2D eigenvalue weighted by Crippen LogP contribution is -2.54. The minimum atomic E-state index is 0.549. The fourth-order valence-electron chi connectivity index (χ4n) is 1.77. The molecular weight excluding hydrogens is 246 g/mol. The van der Waals surface area contributed by atoms with Crippen molar-refractivity contribution in [3.63, 3.8) is 0 Å². The van der Waals surface area contributed by atoms with Crippen molar-refractivity contribution in [2.45, 2.75) is 19.8 Å². The Kier molecular flexibility index (Phi) is 2.77. The predicted molar refractivity (Wildman–Crippen MR) is 61.3 cm³/mol. The number of hydrogen-bond donors (Lipinski definition) is 1. The summed E-state index contributed by atoms with van der Waals surface area (Å²) < 4.78 is 1.29. The van der Waals surface area contributed by atoms with Crippen LogP contribution < -0.4 is 5.32 Å². The molecule has 1 N–H and O–H groups in total. The summed E-state index contributed by atoms with van der Waals surface area (Å²) >= 11 is 5.46. The van der Waals surface area contributed by atoms with E-state index in [2.05, 4.69) is 39.6 Å². The lowest BCUT2D eigenvalue weighted by atomic mass is 9.76. The van der Waals surface area contributed by atoms with Crippen LogP contribution >= 0.6 is 27.3 Å². The number of rotatable bonds is 3. The molecule has 0 atom stereocenters. The van der Waals surface area contributed by atoms with Gasteiger partial charge in [0.15, 0.2) is 0 Å². The lowest BCUT2D eigenvalue weighted by molar-refractivity contribution is 0.161. The molecule has 2 heterocycles. The first-order valence-electron chi connectivity index (χ1n) is 4.68. The minimum Gasteiger partial charge on any atom is -0.316 e. The molecule has 3 heteroatoms. The van der Waals surface area contributed by atoms with Crippen LogP contribution in [0.5, 0.6) is 0 Å². The molecule has 0 bridgehead atoms. The zero-order chi connectivity index (χ0) is 9.31. The van der Waals surface area contributed by atoms with Gasteiger partial charge in [0.2, 0.25) is 0 Å². The maximum absolute atomic E-state index is 3.59. The highest BCUT2D eigenvalue weighted by Crippen LogP contribution is 2.35. The molecule has 13 heavy (non-hydrogen) atoms. The van der Waals surface area contributed by atoms with Gasteiger partial charge in [-0.15, -0.1) is 11.3 Å². The van der Waals surface area contributed by atoms with Gasteiger partial charge in [-0.05, 0) is 45.6 Å². The molecular formula is C10H14BrNS. The molecule has 1 aliphatic rings. The van der Waals surface area contributed by atoms with E-state index in [1.807, 2.05) is 11.3 Å². The van der Waals surface area contributed by atoms with E-state index in [-0.39, 0.29) is 0 Å². The Morgan fingerprint density at radius 3 is 2.77 bits per heavy atom. The van der Waals surface area contributed by atoms with Crippen LogP contribution in [0.4, 0.5) is 0 Å². The lowest BCUT2D eigenvalue weighted by Gasteiger charge is -2.42. The van der Waals surface area contributed by atoms with Crippen molar-refractivity contribution in [1.29, 1.82) is 0 Å². The topological polar surface area (TPSA) is 12.0 Å². The molecule has 0 aromatic carbocycles. The van der Waals surface area contributed by atoms with Gasteiger partial charge in [0.1, 0.15) is 0 Å². The zero-order valence-electron chi connectivity index (χ0n) is 7.77. The average Bonchev–Trinajstić information content (AvgIpc) is 2.44. The predicted octanol–water partition coefficient (Wildman–Crippen LogP) is 3.05. The summed E-state index contributed by atoms with van der Waals surface area (Å²) in [6.45, 7) is 4.67. The van der Waals surface area contributed by atoms with Gasteiger partial charge in [0.05, 0.1) is 0 Å². The second-order valence-corrected chi connectivity index (χ2v) is 5.68. The molecule has 1 aromatic rings. The molecule has 2 rings (SSSR count). The normalized spacial score (nSPS) is 19.8. The first-order valence-corrected chi connectivity index (χ1v) is 6.36. The van der Waals surface area contributed by atoms with E-state index in [0.29, 0.717) is 5.41 Å². The Morgan fingerprint density at radius 1 is 1.62 bits per heavy atom. The van der Waals surface area contributed by atoms with Crippen molar-refractivity contribution in [3.8, 4) is 0 Å².